The van der Waals surface area contributed by atoms with Crippen molar-refractivity contribution in [2.75, 3.05) is 19.0 Å². The zero-order chi connectivity index (χ0) is 13.8. The van der Waals surface area contributed by atoms with E-state index in [9.17, 15) is 4.79 Å². The molecule has 5 nitrogen and oxygen atoms in total. The molecule has 0 spiro atoms. The third kappa shape index (κ3) is 3.68. The first-order valence-corrected chi connectivity index (χ1v) is 6.34. The van der Waals surface area contributed by atoms with Crippen molar-refractivity contribution in [2.45, 2.75) is 25.9 Å². The fourth-order valence-electron chi connectivity index (χ4n) is 1.57. The first-order valence-electron chi connectivity index (χ1n) is 5.55. The number of nitrogens with one attached hydrogen (secondary N) is 1. The van der Waals surface area contributed by atoms with E-state index in [1.54, 1.807) is 19.4 Å². The van der Waals surface area contributed by atoms with Crippen molar-refractivity contribution in [2.24, 2.45) is 0 Å². The molecule has 0 radical (unpaired) electrons. The molecule has 6 heteroatoms. The van der Waals surface area contributed by atoms with Gasteiger partial charge in [-0.2, -0.15) is 5.10 Å². The van der Waals surface area contributed by atoms with Crippen LogP contribution in [0, 0.1) is 0 Å². The lowest BCUT2D eigenvalue weighted by Gasteiger charge is -2.26. The molecule has 0 aliphatic carbocycles. The van der Waals surface area contributed by atoms with E-state index in [1.165, 1.54) is 4.68 Å². The van der Waals surface area contributed by atoms with Gasteiger partial charge in [0.15, 0.2) is 0 Å². The Kier molecular flexibility index (Phi) is 5.10. The molecule has 0 unspecified atom stereocenters. The van der Waals surface area contributed by atoms with Crippen LogP contribution in [0.1, 0.15) is 13.8 Å². The quantitative estimate of drug-likeness (QED) is 0.816. The maximum atomic E-state index is 12.0. The monoisotopic (exact) mass is 315 g/mol. The largest absolute Gasteiger partial charge is 0.382 e. The van der Waals surface area contributed by atoms with Crippen LogP contribution in [-0.4, -0.2) is 29.0 Å². The number of allylic oxidation sites excluding steroid dienone is 1. The summed E-state index contributed by atoms with van der Waals surface area (Å²) in [6, 6.07) is 0. The molecule has 18 heavy (non-hydrogen) atoms. The summed E-state index contributed by atoms with van der Waals surface area (Å²) in [5.74, 6) is 0. The second-order valence-electron chi connectivity index (χ2n) is 4.59. The molecule has 0 atom stereocenters. The number of anilines is 1. The molecule has 0 saturated heterocycles. The van der Waals surface area contributed by atoms with Gasteiger partial charge in [0.25, 0.3) is 5.56 Å². The maximum Gasteiger partial charge on any atom is 0.283 e. The molecule has 1 heterocycles. The van der Waals surface area contributed by atoms with Crippen LogP contribution < -0.4 is 10.9 Å². The van der Waals surface area contributed by atoms with Crippen LogP contribution in [-0.2, 0) is 11.3 Å². The second kappa shape index (κ2) is 6.15. The first kappa shape index (κ1) is 14.9. The number of hydrogen-bond donors (Lipinski definition) is 1. The van der Waals surface area contributed by atoms with Gasteiger partial charge in [-0.1, -0.05) is 6.08 Å². The van der Waals surface area contributed by atoms with Crippen molar-refractivity contribution >= 4 is 21.6 Å². The number of ether oxygens (including phenoxy) is 1. The summed E-state index contributed by atoms with van der Waals surface area (Å²) in [7, 11) is 1.64. The van der Waals surface area contributed by atoms with Gasteiger partial charge < -0.3 is 10.1 Å². The molecule has 1 rings (SSSR count). The standard InChI is InChI=1S/C12H18BrN3O2/c1-5-6-16-11(17)10(13)9(7-14-16)15-12(2,3)8-18-4/h5,7,15H,1,6,8H2,2-4H3. The van der Waals surface area contributed by atoms with Crippen LogP contribution in [0.2, 0.25) is 0 Å². The zero-order valence-corrected chi connectivity index (χ0v) is 12.5. The summed E-state index contributed by atoms with van der Waals surface area (Å²) >= 11 is 3.29. The third-order valence-corrected chi connectivity index (χ3v) is 3.03. The molecule has 0 aliphatic heterocycles. The number of hydrogen-bond acceptors (Lipinski definition) is 4. The van der Waals surface area contributed by atoms with Crippen LogP contribution in [0.4, 0.5) is 5.69 Å². The lowest BCUT2D eigenvalue weighted by molar-refractivity contribution is 0.158. The first-order chi connectivity index (χ1) is 8.41. The predicted molar refractivity (Wildman–Crippen MR) is 76.0 cm³/mol. The summed E-state index contributed by atoms with van der Waals surface area (Å²) in [6.07, 6.45) is 3.25. The van der Waals surface area contributed by atoms with Crippen molar-refractivity contribution in [1.29, 1.82) is 0 Å². The highest BCUT2D eigenvalue weighted by atomic mass is 79.9. The van der Waals surface area contributed by atoms with E-state index in [2.05, 4.69) is 32.9 Å². The molecule has 0 saturated carbocycles. The smallest absolute Gasteiger partial charge is 0.283 e. The van der Waals surface area contributed by atoms with Gasteiger partial charge >= 0.3 is 0 Å². The fraction of sp³-hybridized carbons (Fsp3) is 0.500. The maximum absolute atomic E-state index is 12.0. The number of methoxy groups -OCH3 is 1. The Hall–Kier alpha value is -1.14. The molecule has 1 N–H and O–H groups in total. The minimum Gasteiger partial charge on any atom is -0.382 e. The van der Waals surface area contributed by atoms with Gasteiger partial charge in [-0.3, -0.25) is 4.79 Å². The highest BCUT2D eigenvalue weighted by Crippen LogP contribution is 2.21. The van der Waals surface area contributed by atoms with E-state index in [0.717, 1.165) is 0 Å². The molecule has 100 valence electrons. The van der Waals surface area contributed by atoms with E-state index in [4.69, 9.17) is 4.74 Å². The van der Waals surface area contributed by atoms with E-state index < -0.39 is 0 Å². The van der Waals surface area contributed by atoms with Gasteiger partial charge in [0, 0.05) is 7.11 Å². The average molecular weight is 316 g/mol. The Bertz CT molecular complexity index is 483. The summed E-state index contributed by atoms with van der Waals surface area (Å²) in [6.45, 7) is 8.47. The SMILES string of the molecule is C=CCn1ncc(NC(C)(C)COC)c(Br)c1=O. The van der Waals surface area contributed by atoms with Gasteiger partial charge in [0.05, 0.1) is 30.6 Å². The molecular formula is C12H18BrN3O2. The molecule has 0 aromatic carbocycles. The van der Waals surface area contributed by atoms with Crippen LogP contribution in [0.3, 0.4) is 0 Å². The zero-order valence-electron chi connectivity index (χ0n) is 10.9. The van der Waals surface area contributed by atoms with E-state index in [1.807, 2.05) is 13.8 Å². The van der Waals surface area contributed by atoms with Crippen LogP contribution >= 0.6 is 15.9 Å². The van der Waals surface area contributed by atoms with Crippen molar-refractivity contribution in [3.05, 3.63) is 33.7 Å². The van der Waals surface area contributed by atoms with Gasteiger partial charge in [0.2, 0.25) is 0 Å². The van der Waals surface area contributed by atoms with Crippen molar-refractivity contribution in [3.63, 3.8) is 0 Å². The lowest BCUT2D eigenvalue weighted by atomic mass is 10.1. The topological polar surface area (TPSA) is 56.1 Å². The van der Waals surface area contributed by atoms with Crippen molar-refractivity contribution in [1.82, 2.24) is 9.78 Å². The average Bonchev–Trinajstić information content (AvgIpc) is 2.29. The Balaban J connectivity index is 3.02. The van der Waals surface area contributed by atoms with Crippen molar-refractivity contribution in [3.8, 4) is 0 Å². The van der Waals surface area contributed by atoms with Crippen LogP contribution in [0.15, 0.2) is 28.1 Å². The molecule has 0 aliphatic rings. The third-order valence-electron chi connectivity index (χ3n) is 2.27. The molecule has 0 amide bonds. The van der Waals surface area contributed by atoms with Crippen LogP contribution in [0.25, 0.3) is 0 Å². The van der Waals surface area contributed by atoms with E-state index in [0.29, 0.717) is 23.3 Å². The van der Waals surface area contributed by atoms with Crippen LogP contribution in [0.5, 0.6) is 0 Å². The summed E-state index contributed by atoms with van der Waals surface area (Å²) in [5.41, 5.74) is 0.186. The minimum absolute atomic E-state index is 0.187. The molecule has 0 fully saturated rings. The second-order valence-corrected chi connectivity index (χ2v) is 5.38. The fourth-order valence-corrected chi connectivity index (χ4v) is 1.97. The Morgan fingerprint density at radius 1 is 1.67 bits per heavy atom. The molecule has 1 aromatic rings. The number of halogens is 1. The minimum atomic E-state index is -0.282. The van der Waals surface area contributed by atoms with E-state index in [-0.39, 0.29) is 11.1 Å². The Morgan fingerprint density at radius 3 is 2.89 bits per heavy atom. The molecule has 1 aromatic heterocycles. The number of aromatic nitrogens is 2. The van der Waals surface area contributed by atoms with Gasteiger partial charge in [-0.15, -0.1) is 6.58 Å². The number of rotatable bonds is 6. The van der Waals surface area contributed by atoms with Gasteiger partial charge in [-0.05, 0) is 29.8 Å². The molecule has 0 bridgehead atoms. The van der Waals surface area contributed by atoms with E-state index >= 15 is 0 Å². The summed E-state index contributed by atoms with van der Waals surface area (Å²) in [4.78, 5) is 12.0. The summed E-state index contributed by atoms with van der Waals surface area (Å²) < 4.78 is 6.92. The number of nitrogens with zero attached hydrogens (tertiary/aromatic N) is 2. The Labute approximate surface area is 115 Å². The summed E-state index contributed by atoms with van der Waals surface area (Å²) in [5, 5.41) is 7.30. The normalized spacial score (nSPS) is 11.3. The predicted octanol–water partition coefficient (Wildman–Crippen LogP) is 2.03. The molecular weight excluding hydrogens is 298 g/mol. The van der Waals surface area contributed by atoms with Crippen molar-refractivity contribution < 1.29 is 4.74 Å². The highest BCUT2D eigenvalue weighted by molar-refractivity contribution is 9.10. The highest BCUT2D eigenvalue weighted by Gasteiger charge is 2.19. The van der Waals surface area contributed by atoms with Gasteiger partial charge in [-0.25, -0.2) is 4.68 Å². The van der Waals surface area contributed by atoms with Gasteiger partial charge in [0.1, 0.15) is 4.47 Å². The Morgan fingerprint density at radius 2 is 2.33 bits per heavy atom. The lowest BCUT2D eigenvalue weighted by Crippen LogP contribution is -2.37.